The number of amides is 3. The number of hydrogen-bond acceptors (Lipinski definition) is 5. The monoisotopic (exact) mass is 367 g/mol. The molecule has 0 spiro atoms. The molecule has 2 N–H and O–H groups in total. The summed E-state index contributed by atoms with van der Waals surface area (Å²) in [6, 6.07) is 4.06. The highest BCUT2D eigenvalue weighted by Gasteiger charge is 2.37. The molecule has 1 heterocycles. The molecular weight excluding hydrogens is 346 g/mol. The summed E-state index contributed by atoms with van der Waals surface area (Å²) in [5.41, 5.74) is 0.729. The molecule has 25 heavy (non-hydrogen) atoms. The van der Waals surface area contributed by atoms with Gasteiger partial charge in [-0.2, -0.15) is 0 Å². The van der Waals surface area contributed by atoms with E-state index in [0.717, 1.165) is 4.90 Å². The Kier molecular flexibility index (Phi) is 5.58. The summed E-state index contributed by atoms with van der Waals surface area (Å²) in [5, 5.41) is 2.57. The fourth-order valence-electron chi connectivity index (χ4n) is 2.46. The van der Waals surface area contributed by atoms with Crippen molar-refractivity contribution in [1.82, 2.24) is 14.9 Å². The molecule has 0 aliphatic carbocycles. The van der Waals surface area contributed by atoms with Gasteiger partial charge >= 0.3 is 0 Å². The van der Waals surface area contributed by atoms with Gasteiger partial charge < -0.3 is 5.32 Å². The Morgan fingerprint density at radius 1 is 1.12 bits per heavy atom. The van der Waals surface area contributed by atoms with E-state index < -0.39 is 21.8 Å². The number of benzene rings is 1. The van der Waals surface area contributed by atoms with Crippen molar-refractivity contribution in [3.63, 3.8) is 0 Å². The molecule has 1 aromatic rings. The molecule has 0 saturated heterocycles. The summed E-state index contributed by atoms with van der Waals surface area (Å²) < 4.78 is 24.9. The van der Waals surface area contributed by atoms with Crippen molar-refractivity contribution in [2.75, 3.05) is 18.8 Å². The Morgan fingerprint density at radius 2 is 1.76 bits per heavy atom. The maximum absolute atomic E-state index is 12.3. The van der Waals surface area contributed by atoms with Crippen LogP contribution in [0.15, 0.2) is 18.2 Å². The summed E-state index contributed by atoms with van der Waals surface area (Å²) in [6.45, 7) is 5.19. The van der Waals surface area contributed by atoms with E-state index in [4.69, 9.17) is 0 Å². The number of carbonyl (C=O) groups is 3. The van der Waals surface area contributed by atoms with Crippen molar-refractivity contribution < 1.29 is 22.8 Å². The van der Waals surface area contributed by atoms with Crippen LogP contribution in [0.5, 0.6) is 0 Å². The maximum atomic E-state index is 12.3. The summed E-state index contributed by atoms with van der Waals surface area (Å²) >= 11 is 0. The van der Waals surface area contributed by atoms with Crippen molar-refractivity contribution in [2.24, 2.45) is 0 Å². The highest BCUT2D eigenvalue weighted by Crippen LogP contribution is 2.25. The Balaban J connectivity index is 2.05. The summed E-state index contributed by atoms with van der Waals surface area (Å²) in [5.74, 6) is -1.26. The number of rotatable bonds is 7. The van der Waals surface area contributed by atoms with E-state index in [2.05, 4.69) is 10.0 Å². The van der Waals surface area contributed by atoms with Crippen LogP contribution >= 0.6 is 0 Å². The Labute approximate surface area is 146 Å². The number of nitrogens with zero attached hydrogens (tertiary/aromatic N) is 1. The van der Waals surface area contributed by atoms with Gasteiger partial charge in [-0.15, -0.1) is 0 Å². The number of imide groups is 1. The molecule has 0 atom stereocenters. The van der Waals surface area contributed by atoms with E-state index in [1.165, 1.54) is 25.1 Å². The number of nitrogens with one attached hydrogen (secondary N) is 2. The second-order valence-electron chi connectivity index (χ2n) is 5.89. The average molecular weight is 367 g/mol. The van der Waals surface area contributed by atoms with Gasteiger partial charge in [0.05, 0.1) is 16.9 Å². The zero-order valence-corrected chi connectivity index (χ0v) is 15.1. The summed E-state index contributed by atoms with van der Waals surface area (Å²) in [6.07, 6.45) is 0. The lowest BCUT2D eigenvalue weighted by molar-refractivity contribution is 0.0609. The molecule has 9 heteroatoms. The molecule has 1 aliphatic rings. The first-order chi connectivity index (χ1) is 11.7. The van der Waals surface area contributed by atoms with Crippen molar-refractivity contribution in [1.29, 1.82) is 0 Å². The SMILES string of the molecule is CCS(=O)(=O)NCCNC(=O)c1ccc2c(c1)C(=O)N(C(C)C)C2=O. The van der Waals surface area contributed by atoms with Crippen LogP contribution in [0.1, 0.15) is 51.8 Å². The predicted octanol–water partition coefficient (Wildman–Crippen LogP) is 0.360. The van der Waals surface area contributed by atoms with Gasteiger partial charge in [0.25, 0.3) is 17.7 Å². The first-order valence-electron chi connectivity index (χ1n) is 7.95. The smallest absolute Gasteiger partial charge is 0.261 e. The van der Waals surface area contributed by atoms with E-state index >= 15 is 0 Å². The van der Waals surface area contributed by atoms with Crippen LogP contribution in [0.3, 0.4) is 0 Å². The second-order valence-corrected chi connectivity index (χ2v) is 7.98. The Morgan fingerprint density at radius 3 is 2.36 bits per heavy atom. The van der Waals surface area contributed by atoms with Gasteiger partial charge in [-0.25, -0.2) is 13.1 Å². The van der Waals surface area contributed by atoms with E-state index in [0.29, 0.717) is 0 Å². The van der Waals surface area contributed by atoms with Gasteiger partial charge in [0.15, 0.2) is 0 Å². The Hall–Kier alpha value is -2.26. The standard InChI is InChI=1S/C16H21N3O5S/c1-4-25(23,24)18-8-7-17-14(20)11-5-6-12-13(9-11)16(22)19(10(2)3)15(12)21/h5-6,9-10,18H,4,7-8H2,1-3H3,(H,17,20). The summed E-state index contributed by atoms with van der Waals surface area (Å²) in [7, 11) is -3.31. The molecule has 0 aromatic heterocycles. The van der Waals surface area contributed by atoms with Crippen LogP contribution in [0.25, 0.3) is 0 Å². The third-order valence-electron chi connectivity index (χ3n) is 3.81. The average Bonchev–Trinajstić information content (AvgIpc) is 2.82. The van der Waals surface area contributed by atoms with E-state index in [-0.39, 0.29) is 47.5 Å². The minimum absolute atomic E-state index is 0.0335. The fourth-order valence-corrected chi connectivity index (χ4v) is 3.07. The maximum Gasteiger partial charge on any atom is 0.261 e. The molecule has 1 aliphatic heterocycles. The molecule has 0 radical (unpaired) electrons. The van der Waals surface area contributed by atoms with Crippen LogP contribution in [-0.4, -0.2) is 55.9 Å². The van der Waals surface area contributed by atoms with Crippen molar-refractivity contribution >= 4 is 27.7 Å². The lowest BCUT2D eigenvalue weighted by Crippen LogP contribution is -2.36. The minimum Gasteiger partial charge on any atom is -0.351 e. The zero-order valence-electron chi connectivity index (χ0n) is 14.3. The van der Waals surface area contributed by atoms with E-state index in [1.807, 2.05) is 0 Å². The predicted molar refractivity (Wildman–Crippen MR) is 91.9 cm³/mol. The molecule has 136 valence electrons. The molecule has 0 unspecified atom stereocenters. The Bertz CT molecular complexity index is 817. The quantitative estimate of drug-likeness (QED) is 0.534. The first-order valence-corrected chi connectivity index (χ1v) is 9.60. The third-order valence-corrected chi connectivity index (χ3v) is 5.21. The number of fused-ring (bicyclic) bond motifs is 1. The zero-order chi connectivity index (χ0) is 18.8. The number of carbonyl (C=O) groups excluding carboxylic acids is 3. The normalized spacial score (nSPS) is 14.2. The minimum atomic E-state index is -3.31. The largest absolute Gasteiger partial charge is 0.351 e. The van der Waals surface area contributed by atoms with Crippen molar-refractivity contribution in [3.05, 3.63) is 34.9 Å². The highest BCUT2D eigenvalue weighted by molar-refractivity contribution is 7.89. The van der Waals surface area contributed by atoms with Crippen LogP contribution in [0.2, 0.25) is 0 Å². The van der Waals surface area contributed by atoms with Crippen LogP contribution < -0.4 is 10.0 Å². The molecule has 8 nitrogen and oxygen atoms in total. The molecule has 3 amide bonds. The lowest BCUT2D eigenvalue weighted by atomic mass is 10.1. The van der Waals surface area contributed by atoms with Crippen LogP contribution in [0, 0.1) is 0 Å². The number of hydrogen-bond donors (Lipinski definition) is 2. The summed E-state index contributed by atoms with van der Waals surface area (Å²) in [4.78, 5) is 37.8. The fraction of sp³-hybridized carbons (Fsp3) is 0.438. The van der Waals surface area contributed by atoms with Crippen LogP contribution in [0.4, 0.5) is 0 Å². The molecule has 0 bridgehead atoms. The van der Waals surface area contributed by atoms with Gasteiger partial charge in [0.2, 0.25) is 10.0 Å². The number of sulfonamides is 1. The van der Waals surface area contributed by atoms with Gasteiger partial charge in [0, 0.05) is 24.7 Å². The molecule has 1 aromatic carbocycles. The topological polar surface area (TPSA) is 113 Å². The first kappa shape index (κ1) is 19.1. The van der Waals surface area contributed by atoms with Crippen LogP contribution in [-0.2, 0) is 10.0 Å². The molecule has 0 saturated carbocycles. The van der Waals surface area contributed by atoms with E-state index in [9.17, 15) is 22.8 Å². The van der Waals surface area contributed by atoms with Gasteiger partial charge in [-0.05, 0) is 39.0 Å². The molecular formula is C16H21N3O5S. The van der Waals surface area contributed by atoms with Crippen molar-refractivity contribution in [3.8, 4) is 0 Å². The van der Waals surface area contributed by atoms with Gasteiger partial charge in [-0.1, -0.05) is 0 Å². The van der Waals surface area contributed by atoms with E-state index in [1.54, 1.807) is 13.8 Å². The van der Waals surface area contributed by atoms with Gasteiger partial charge in [-0.3, -0.25) is 19.3 Å². The third kappa shape index (κ3) is 4.05. The molecule has 0 fully saturated rings. The van der Waals surface area contributed by atoms with Crippen molar-refractivity contribution in [2.45, 2.75) is 26.8 Å². The molecule has 2 rings (SSSR count). The second kappa shape index (κ2) is 7.32. The lowest BCUT2D eigenvalue weighted by Gasteiger charge is -2.17. The van der Waals surface area contributed by atoms with Gasteiger partial charge in [0.1, 0.15) is 0 Å². The highest BCUT2D eigenvalue weighted by atomic mass is 32.2.